The van der Waals surface area contributed by atoms with Crippen molar-refractivity contribution in [3.05, 3.63) is 34.6 Å². The second kappa shape index (κ2) is 6.32. The van der Waals surface area contributed by atoms with Gasteiger partial charge in [0.15, 0.2) is 0 Å². The zero-order valence-electron chi connectivity index (χ0n) is 11.9. The molecule has 1 aromatic rings. The van der Waals surface area contributed by atoms with E-state index in [0.717, 1.165) is 32.2 Å². The van der Waals surface area contributed by atoms with E-state index in [0.29, 0.717) is 25.0 Å². The third kappa shape index (κ3) is 3.55. The Morgan fingerprint density at radius 1 is 1.33 bits per heavy atom. The minimum Gasteiger partial charge on any atom is -0.337 e. The van der Waals surface area contributed by atoms with Crippen molar-refractivity contribution in [2.75, 3.05) is 19.6 Å². The Morgan fingerprint density at radius 3 is 2.76 bits per heavy atom. The van der Waals surface area contributed by atoms with E-state index in [-0.39, 0.29) is 16.5 Å². The first kappa shape index (κ1) is 14.8. The van der Waals surface area contributed by atoms with Crippen LogP contribution in [0.3, 0.4) is 0 Å². The summed E-state index contributed by atoms with van der Waals surface area (Å²) in [5.74, 6) is -0.243. The van der Waals surface area contributed by atoms with Gasteiger partial charge in [0.05, 0.1) is 10.6 Å². The molecule has 1 amide bonds. The average Bonchev–Trinajstić information content (AvgIpc) is 3.11. The van der Waals surface area contributed by atoms with E-state index in [2.05, 4.69) is 5.32 Å². The Hall–Kier alpha value is -1.13. The van der Waals surface area contributed by atoms with Gasteiger partial charge in [0.25, 0.3) is 5.91 Å². The Morgan fingerprint density at radius 2 is 2.14 bits per heavy atom. The molecule has 5 heteroatoms. The Labute approximate surface area is 129 Å². The number of carbonyl (C=O) groups excluding carboxylic acids is 1. The lowest BCUT2D eigenvalue weighted by Crippen LogP contribution is -2.42. The molecule has 3 nitrogen and oxygen atoms in total. The molecule has 1 aromatic carbocycles. The van der Waals surface area contributed by atoms with E-state index in [9.17, 15) is 9.18 Å². The molecule has 0 spiro atoms. The van der Waals surface area contributed by atoms with Gasteiger partial charge in [-0.25, -0.2) is 4.39 Å². The molecule has 3 rings (SSSR count). The van der Waals surface area contributed by atoms with Crippen LogP contribution in [0.4, 0.5) is 4.39 Å². The molecular weight excluding hydrogens is 291 g/mol. The SMILES string of the molecule is O=C(c1c(F)cccc1Cl)N(CC1CC1)CC1CCCN1. The largest absolute Gasteiger partial charge is 0.337 e. The van der Waals surface area contributed by atoms with E-state index in [1.165, 1.54) is 12.1 Å². The van der Waals surface area contributed by atoms with Gasteiger partial charge in [0.2, 0.25) is 0 Å². The molecular formula is C16H20ClFN2O. The van der Waals surface area contributed by atoms with Crippen LogP contribution >= 0.6 is 11.6 Å². The highest BCUT2D eigenvalue weighted by atomic mass is 35.5. The Kier molecular flexibility index (Phi) is 4.45. The lowest BCUT2D eigenvalue weighted by molar-refractivity contribution is 0.0729. The van der Waals surface area contributed by atoms with Gasteiger partial charge >= 0.3 is 0 Å². The Balaban J connectivity index is 1.78. The monoisotopic (exact) mass is 310 g/mol. The quantitative estimate of drug-likeness (QED) is 0.906. The summed E-state index contributed by atoms with van der Waals surface area (Å²) in [5, 5.41) is 3.59. The van der Waals surface area contributed by atoms with E-state index < -0.39 is 5.82 Å². The van der Waals surface area contributed by atoms with Crippen molar-refractivity contribution in [2.24, 2.45) is 5.92 Å². The molecule has 2 fully saturated rings. The minimum atomic E-state index is -0.535. The van der Waals surface area contributed by atoms with E-state index >= 15 is 0 Å². The van der Waals surface area contributed by atoms with Crippen molar-refractivity contribution in [3.63, 3.8) is 0 Å². The maximum atomic E-state index is 14.0. The van der Waals surface area contributed by atoms with E-state index in [4.69, 9.17) is 11.6 Å². The number of rotatable bonds is 5. The van der Waals surface area contributed by atoms with Crippen molar-refractivity contribution in [3.8, 4) is 0 Å². The molecule has 1 aliphatic carbocycles. The highest BCUT2D eigenvalue weighted by molar-refractivity contribution is 6.33. The van der Waals surface area contributed by atoms with E-state index in [1.54, 1.807) is 11.0 Å². The lowest BCUT2D eigenvalue weighted by atomic mass is 10.1. The predicted octanol–water partition coefficient (Wildman–Crippen LogP) is 3.08. The maximum absolute atomic E-state index is 14.0. The first-order chi connectivity index (χ1) is 10.1. The van der Waals surface area contributed by atoms with Gasteiger partial charge in [-0.3, -0.25) is 4.79 Å². The first-order valence-electron chi connectivity index (χ1n) is 7.62. The molecule has 1 saturated carbocycles. The van der Waals surface area contributed by atoms with Crippen molar-refractivity contribution >= 4 is 17.5 Å². The summed E-state index contributed by atoms with van der Waals surface area (Å²) in [6.07, 6.45) is 4.52. The van der Waals surface area contributed by atoms with Crippen molar-refractivity contribution in [1.82, 2.24) is 10.2 Å². The Bertz CT molecular complexity index is 507. The molecule has 1 unspecified atom stereocenters. The molecule has 114 valence electrons. The van der Waals surface area contributed by atoms with Crippen LogP contribution in [-0.4, -0.2) is 36.5 Å². The summed E-state index contributed by atoms with van der Waals surface area (Å²) in [6, 6.07) is 4.71. The van der Waals surface area contributed by atoms with Crippen LogP contribution in [0, 0.1) is 11.7 Å². The fourth-order valence-electron chi connectivity index (χ4n) is 2.89. The maximum Gasteiger partial charge on any atom is 0.258 e. The van der Waals surface area contributed by atoms with Gasteiger partial charge in [-0.05, 0) is 50.3 Å². The number of benzene rings is 1. The zero-order valence-corrected chi connectivity index (χ0v) is 12.7. The molecule has 0 radical (unpaired) electrons. The third-order valence-electron chi connectivity index (χ3n) is 4.24. The summed E-state index contributed by atoms with van der Waals surface area (Å²) in [6.45, 7) is 2.35. The molecule has 0 bridgehead atoms. The van der Waals surface area contributed by atoms with Gasteiger partial charge < -0.3 is 10.2 Å². The molecule has 1 atom stereocenters. The van der Waals surface area contributed by atoms with Crippen LogP contribution in [0.25, 0.3) is 0 Å². The number of amides is 1. The summed E-state index contributed by atoms with van der Waals surface area (Å²) in [4.78, 5) is 14.5. The number of hydrogen-bond donors (Lipinski definition) is 1. The van der Waals surface area contributed by atoms with Gasteiger partial charge in [0, 0.05) is 19.1 Å². The van der Waals surface area contributed by atoms with Crippen molar-refractivity contribution < 1.29 is 9.18 Å². The second-order valence-electron chi connectivity index (χ2n) is 6.04. The summed E-state index contributed by atoms with van der Waals surface area (Å²) in [5.41, 5.74) is 0.0119. The molecule has 0 aromatic heterocycles. The number of hydrogen-bond acceptors (Lipinski definition) is 2. The molecule has 21 heavy (non-hydrogen) atoms. The minimum absolute atomic E-state index is 0.0119. The standard InChI is InChI=1S/C16H20ClFN2O/c17-13-4-1-5-14(18)15(13)16(21)20(9-11-6-7-11)10-12-3-2-8-19-12/h1,4-5,11-12,19H,2-3,6-10H2. The highest BCUT2D eigenvalue weighted by Gasteiger charge is 2.31. The van der Waals surface area contributed by atoms with Gasteiger partial charge in [-0.2, -0.15) is 0 Å². The molecule has 1 saturated heterocycles. The summed E-state index contributed by atoms with van der Waals surface area (Å²) in [7, 11) is 0. The predicted molar refractivity (Wildman–Crippen MR) is 81.1 cm³/mol. The number of halogens is 2. The number of nitrogens with zero attached hydrogens (tertiary/aromatic N) is 1. The molecule has 1 heterocycles. The highest BCUT2D eigenvalue weighted by Crippen LogP contribution is 2.31. The van der Waals surface area contributed by atoms with Crippen LogP contribution in [0.15, 0.2) is 18.2 Å². The third-order valence-corrected chi connectivity index (χ3v) is 4.56. The van der Waals surface area contributed by atoms with Crippen molar-refractivity contribution in [2.45, 2.75) is 31.7 Å². The number of nitrogens with one attached hydrogen (secondary N) is 1. The molecule has 2 aliphatic rings. The second-order valence-corrected chi connectivity index (χ2v) is 6.45. The topological polar surface area (TPSA) is 32.3 Å². The van der Waals surface area contributed by atoms with Gasteiger partial charge in [-0.15, -0.1) is 0 Å². The van der Waals surface area contributed by atoms with Crippen LogP contribution in [0.1, 0.15) is 36.0 Å². The van der Waals surface area contributed by atoms with Gasteiger partial charge in [-0.1, -0.05) is 17.7 Å². The summed E-state index contributed by atoms with van der Waals surface area (Å²) >= 11 is 6.03. The summed E-state index contributed by atoms with van der Waals surface area (Å²) < 4.78 is 14.0. The number of carbonyl (C=O) groups is 1. The van der Waals surface area contributed by atoms with Crippen LogP contribution in [0.5, 0.6) is 0 Å². The van der Waals surface area contributed by atoms with E-state index in [1.807, 2.05) is 0 Å². The molecule has 1 N–H and O–H groups in total. The first-order valence-corrected chi connectivity index (χ1v) is 7.99. The average molecular weight is 311 g/mol. The zero-order chi connectivity index (χ0) is 14.8. The van der Waals surface area contributed by atoms with Crippen LogP contribution in [-0.2, 0) is 0 Å². The van der Waals surface area contributed by atoms with Crippen molar-refractivity contribution in [1.29, 1.82) is 0 Å². The molecule has 1 aliphatic heterocycles. The normalized spacial score (nSPS) is 21.5. The van der Waals surface area contributed by atoms with Crippen LogP contribution in [0.2, 0.25) is 5.02 Å². The smallest absolute Gasteiger partial charge is 0.258 e. The van der Waals surface area contributed by atoms with Gasteiger partial charge in [0.1, 0.15) is 5.82 Å². The van der Waals surface area contributed by atoms with Crippen LogP contribution < -0.4 is 5.32 Å². The fourth-order valence-corrected chi connectivity index (χ4v) is 3.14. The fraction of sp³-hybridized carbons (Fsp3) is 0.562. The lowest BCUT2D eigenvalue weighted by Gasteiger charge is -2.26.